The molecule has 0 atom stereocenters. The van der Waals surface area contributed by atoms with E-state index in [4.69, 9.17) is 0 Å². The number of H-pyrrole nitrogens is 1. The highest BCUT2D eigenvalue weighted by Crippen LogP contribution is 2.22. The molecule has 0 aliphatic heterocycles. The summed E-state index contributed by atoms with van der Waals surface area (Å²) in [5.74, 6) is 1.72. The maximum atomic E-state index is 4.46. The highest BCUT2D eigenvalue weighted by Gasteiger charge is 2.09. The van der Waals surface area contributed by atoms with Crippen LogP contribution in [0.4, 0.5) is 11.8 Å². The molecule has 0 spiro atoms. The van der Waals surface area contributed by atoms with E-state index < -0.39 is 0 Å². The minimum Gasteiger partial charge on any atom is -0.307 e. The summed E-state index contributed by atoms with van der Waals surface area (Å²) in [7, 11) is 0. The number of rotatable bonds is 3. The fourth-order valence-electron chi connectivity index (χ4n) is 2.35. The Bertz CT molecular complexity index is 977. The van der Waals surface area contributed by atoms with E-state index in [-0.39, 0.29) is 0 Å². The van der Waals surface area contributed by atoms with Gasteiger partial charge >= 0.3 is 0 Å². The van der Waals surface area contributed by atoms with Crippen LogP contribution in [0.2, 0.25) is 0 Å². The minimum atomic E-state index is 0.446. The number of nitrogens with one attached hydrogen (secondary N) is 2. The summed E-state index contributed by atoms with van der Waals surface area (Å²) in [6, 6.07) is 9.91. The van der Waals surface area contributed by atoms with Gasteiger partial charge in [0.1, 0.15) is 6.33 Å². The molecule has 3 heterocycles. The summed E-state index contributed by atoms with van der Waals surface area (Å²) in [5, 5.41) is 11.2. The van der Waals surface area contributed by atoms with Crippen LogP contribution in [0.5, 0.6) is 0 Å². The van der Waals surface area contributed by atoms with Gasteiger partial charge in [0.25, 0.3) is 0 Å². The number of anilines is 2. The molecule has 2 N–H and O–H groups in total. The zero-order chi connectivity index (χ0) is 15.6. The number of benzene rings is 1. The molecule has 0 unspecified atom stereocenters. The standard InChI is InChI=1S/C16H13N7/c1-10-3-2-4-11(7-10)14-18-9-19-16(20-14)21-15-12-5-6-17-8-13(12)22-23-15/h2-9H,1H3,(H2,18,19,20,21,22,23). The van der Waals surface area contributed by atoms with Gasteiger partial charge in [0.15, 0.2) is 11.6 Å². The van der Waals surface area contributed by atoms with Gasteiger partial charge < -0.3 is 5.32 Å². The third kappa shape index (κ3) is 2.59. The molecule has 7 nitrogen and oxygen atoms in total. The van der Waals surface area contributed by atoms with Crippen LogP contribution in [0, 0.1) is 6.92 Å². The van der Waals surface area contributed by atoms with Crippen molar-refractivity contribution >= 4 is 22.7 Å². The first-order valence-electron chi connectivity index (χ1n) is 7.11. The van der Waals surface area contributed by atoms with Crippen molar-refractivity contribution in [3.8, 4) is 11.4 Å². The summed E-state index contributed by atoms with van der Waals surface area (Å²) < 4.78 is 0. The van der Waals surface area contributed by atoms with Gasteiger partial charge in [0.2, 0.25) is 5.95 Å². The summed E-state index contributed by atoms with van der Waals surface area (Å²) in [6.45, 7) is 2.04. The van der Waals surface area contributed by atoms with Gasteiger partial charge in [-0.1, -0.05) is 23.8 Å². The Morgan fingerprint density at radius 3 is 3.00 bits per heavy atom. The summed E-state index contributed by atoms with van der Waals surface area (Å²) in [6.07, 6.45) is 4.93. The molecule has 0 saturated heterocycles. The Morgan fingerprint density at radius 2 is 2.09 bits per heavy atom. The number of pyridine rings is 1. The fraction of sp³-hybridized carbons (Fsp3) is 0.0625. The molecule has 3 aromatic heterocycles. The maximum absolute atomic E-state index is 4.46. The third-order valence-corrected chi connectivity index (χ3v) is 3.44. The zero-order valence-corrected chi connectivity index (χ0v) is 12.4. The first kappa shape index (κ1) is 13.3. The number of hydrogen-bond donors (Lipinski definition) is 2. The highest BCUT2D eigenvalue weighted by molar-refractivity contribution is 5.90. The molecule has 0 bridgehead atoms. The Morgan fingerprint density at radius 1 is 1.13 bits per heavy atom. The van der Waals surface area contributed by atoms with Crippen molar-refractivity contribution < 1.29 is 0 Å². The van der Waals surface area contributed by atoms with Crippen molar-refractivity contribution in [3.05, 3.63) is 54.6 Å². The largest absolute Gasteiger partial charge is 0.307 e. The molecule has 4 rings (SSSR count). The number of aromatic amines is 1. The van der Waals surface area contributed by atoms with E-state index in [2.05, 4.69) is 35.5 Å². The SMILES string of the molecule is Cc1cccc(-c2ncnc(Nc3n[nH]c4cnccc34)n2)c1. The van der Waals surface area contributed by atoms with Gasteiger partial charge in [0.05, 0.1) is 11.7 Å². The van der Waals surface area contributed by atoms with Crippen LogP contribution in [0.25, 0.3) is 22.3 Å². The van der Waals surface area contributed by atoms with Crippen LogP contribution < -0.4 is 5.32 Å². The van der Waals surface area contributed by atoms with Crippen molar-refractivity contribution in [1.82, 2.24) is 30.1 Å². The predicted octanol–water partition coefficient (Wildman–Crippen LogP) is 2.86. The highest BCUT2D eigenvalue weighted by atomic mass is 15.2. The van der Waals surface area contributed by atoms with Crippen molar-refractivity contribution in [2.24, 2.45) is 0 Å². The first-order valence-corrected chi connectivity index (χ1v) is 7.11. The molecule has 4 aromatic rings. The second-order valence-electron chi connectivity index (χ2n) is 5.12. The molecule has 0 aliphatic carbocycles. The zero-order valence-electron chi connectivity index (χ0n) is 12.4. The molecule has 0 saturated carbocycles. The number of aryl methyl sites for hydroxylation is 1. The molecule has 112 valence electrons. The van der Waals surface area contributed by atoms with Crippen molar-refractivity contribution in [1.29, 1.82) is 0 Å². The second kappa shape index (κ2) is 5.45. The topological polar surface area (TPSA) is 92.3 Å². The second-order valence-corrected chi connectivity index (χ2v) is 5.12. The monoisotopic (exact) mass is 303 g/mol. The van der Waals surface area contributed by atoms with Crippen LogP contribution in [-0.2, 0) is 0 Å². The third-order valence-electron chi connectivity index (χ3n) is 3.44. The van der Waals surface area contributed by atoms with E-state index in [1.807, 2.05) is 37.3 Å². The van der Waals surface area contributed by atoms with Gasteiger partial charge in [-0.05, 0) is 19.1 Å². The Labute approximate surface area is 131 Å². The molecule has 7 heteroatoms. The van der Waals surface area contributed by atoms with Crippen LogP contribution >= 0.6 is 0 Å². The van der Waals surface area contributed by atoms with E-state index in [9.17, 15) is 0 Å². The van der Waals surface area contributed by atoms with Crippen LogP contribution in [-0.4, -0.2) is 30.1 Å². The first-order chi connectivity index (χ1) is 11.3. The van der Waals surface area contributed by atoms with Gasteiger partial charge in [-0.2, -0.15) is 10.1 Å². The molecular weight excluding hydrogens is 290 g/mol. The van der Waals surface area contributed by atoms with Gasteiger partial charge in [0, 0.05) is 17.1 Å². The van der Waals surface area contributed by atoms with Crippen molar-refractivity contribution in [3.63, 3.8) is 0 Å². The molecule has 0 aliphatic rings. The Kier molecular flexibility index (Phi) is 3.16. The maximum Gasteiger partial charge on any atom is 0.231 e. The van der Waals surface area contributed by atoms with Crippen LogP contribution in [0.1, 0.15) is 5.56 Å². The van der Waals surface area contributed by atoms with E-state index in [1.54, 1.807) is 12.4 Å². The van der Waals surface area contributed by atoms with Gasteiger partial charge in [-0.3, -0.25) is 10.1 Å². The Hall–Kier alpha value is -3.35. The lowest BCUT2D eigenvalue weighted by Gasteiger charge is -2.04. The fourth-order valence-corrected chi connectivity index (χ4v) is 2.35. The summed E-state index contributed by atoms with van der Waals surface area (Å²) in [5.41, 5.74) is 2.96. The molecular formula is C16H13N7. The van der Waals surface area contributed by atoms with E-state index in [0.717, 1.165) is 22.0 Å². The van der Waals surface area contributed by atoms with Crippen LogP contribution in [0.3, 0.4) is 0 Å². The number of hydrogen-bond acceptors (Lipinski definition) is 6. The van der Waals surface area contributed by atoms with E-state index in [0.29, 0.717) is 17.6 Å². The Balaban J connectivity index is 1.69. The van der Waals surface area contributed by atoms with E-state index in [1.165, 1.54) is 6.33 Å². The van der Waals surface area contributed by atoms with Crippen LogP contribution in [0.15, 0.2) is 49.1 Å². The molecule has 1 aromatic carbocycles. The smallest absolute Gasteiger partial charge is 0.231 e. The molecule has 23 heavy (non-hydrogen) atoms. The van der Waals surface area contributed by atoms with E-state index >= 15 is 0 Å². The molecule has 0 radical (unpaired) electrons. The summed E-state index contributed by atoms with van der Waals surface area (Å²) >= 11 is 0. The average molecular weight is 303 g/mol. The van der Waals surface area contributed by atoms with Gasteiger partial charge in [-0.25, -0.2) is 9.97 Å². The lowest BCUT2D eigenvalue weighted by atomic mass is 10.1. The lowest BCUT2D eigenvalue weighted by Crippen LogP contribution is -2.00. The molecule has 0 amide bonds. The number of fused-ring (bicyclic) bond motifs is 1. The van der Waals surface area contributed by atoms with Crippen molar-refractivity contribution in [2.75, 3.05) is 5.32 Å². The lowest BCUT2D eigenvalue weighted by molar-refractivity contribution is 1.05. The minimum absolute atomic E-state index is 0.446. The summed E-state index contributed by atoms with van der Waals surface area (Å²) in [4.78, 5) is 16.9. The van der Waals surface area contributed by atoms with Crippen molar-refractivity contribution in [2.45, 2.75) is 6.92 Å². The number of aromatic nitrogens is 6. The normalized spacial score (nSPS) is 10.8. The number of nitrogens with zero attached hydrogens (tertiary/aromatic N) is 5. The predicted molar refractivity (Wildman–Crippen MR) is 87.2 cm³/mol. The average Bonchev–Trinajstić information content (AvgIpc) is 2.98. The van der Waals surface area contributed by atoms with Gasteiger partial charge in [-0.15, -0.1) is 0 Å². The quantitative estimate of drug-likeness (QED) is 0.604. The molecule has 0 fully saturated rings.